The number of imidazole rings is 1. The van der Waals surface area contributed by atoms with Crippen molar-refractivity contribution in [2.24, 2.45) is 0 Å². The summed E-state index contributed by atoms with van der Waals surface area (Å²) in [5, 5.41) is 2.62. The number of benzene rings is 1. The maximum absolute atomic E-state index is 10.9. The van der Waals surface area contributed by atoms with Gasteiger partial charge in [-0.15, -0.1) is 0 Å². The Morgan fingerprint density at radius 1 is 1.35 bits per heavy atom. The molecule has 0 fully saturated rings. The van der Waals surface area contributed by atoms with E-state index in [0.717, 1.165) is 17.0 Å². The lowest BCUT2D eigenvalue weighted by atomic mass is 10.1. The molecule has 88 valence electrons. The number of hydrogen-bond acceptors (Lipinski definition) is 3. The molecular formula is C12H14N4O. The molecule has 0 aliphatic carbocycles. The fourth-order valence-corrected chi connectivity index (χ4v) is 1.61. The lowest BCUT2D eigenvalue weighted by Crippen LogP contribution is -2.06. The van der Waals surface area contributed by atoms with Crippen LogP contribution in [0.15, 0.2) is 24.3 Å². The fraction of sp³-hybridized carbons (Fsp3) is 0.167. The minimum atomic E-state index is -0.150. The van der Waals surface area contributed by atoms with Crippen LogP contribution >= 0.6 is 0 Å². The number of aromatic nitrogens is 2. The summed E-state index contributed by atoms with van der Waals surface area (Å²) in [5.41, 5.74) is 9.02. The summed E-state index contributed by atoms with van der Waals surface area (Å²) >= 11 is 0. The van der Waals surface area contributed by atoms with Gasteiger partial charge in [0.05, 0.1) is 5.69 Å². The molecule has 0 aliphatic rings. The molecule has 5 heteroatoms. The molecule has 1 aromatic heterocycles. The molecule has 0 radical (unpaired) electrons. The van der Waals surface area contributed by atoms with E-state index in [-0.39, 0.29) is 5.91 Å². The number of H-pyrrole nitrogens is 1. The van der Waals surface area contributed by atoms with Gasteiger partial charge in [0.15, 0.2) is 0 Å². The predicted octanol–water partition coefficient (Wildman–Crippen LogP) is 1.93. The minimum absolute atomic E-state index is 0.150. The van der Waals surface area contributed by atoms with Crippen molar-refractivity contribution >= 4 is 17.5 Å². The molecule has 0 bridgehead atoms. The number of nitrogens with zero attached hydrogens (tertiary/aromatic N) is 1. The SMILES string of the molecule is CC(=O)Nc1nc(-c2ccc(N)cc2)c(C)[nH]1. The second-order valence-corrected chi connectivity index (χ2v) is 3.86. The Balaban J connectivity index is 2.35. The summed E-state index contributed by atoms with van der Waals surface area (Å²) in [6.07, 6.45) is 0. The predicted molar refractivity (Wildman–Crippen MR) is 67.5 cm³/mol. The highest BCUT2D eigenvalue weighted by Crippen LogP contribution is 2.23. The second-order valence-electron chi connectivity index (χ2n) is 3.86. The van der Waals surface area contributed by atoms with Crippen LogP contribution in [0, 0.1) is 6.92 Å². The van der Waals surface area contributed by atoms with Crippen LogP contribution in [0.5, 0.6) is 0 Å². The number of rotatable bonds is 2. The standard InChI is InChI=1S/C12H14N4O/c1-7-11(9-3-5-10(13)6-4-9)16-12(14-7)15-8(2)17/h3-6H,13H2,1-2H3,(H2,14,15,16,17). The third-order valence-electron chi connectivity index (χ3n) is 2.36. The van der Waals surface area contributed by atoms with Crippen molar-refractivity contribution in [3.05, 3.63) is 30.0 Å². The first kappa shape index (κ1) is 11.2. The molecule has 1 heterocycles. The van der Waals surface area contributed by atoms with E-state index in [2.05, 4.69) is 15.3 Å². The molecule has 0 atom stereocenters. The van der Waals surface area contributed by atoms with Crippen LogP contribution in [-0.2, 0) is 4.79 Å². The van der Waals surface area contributed by atoms with Crippen molar-refractivity contribution in [1.29, 1.82) is 0 Å². The van der Waals surface area contributed by atoms with E-state index in [1.807, 2.05) is 31.2 Å². The summed E-state index contributed by atoms with van der Waals surface area (Å²) in [6, 6.07) is 7.44. The van der Waals surface area contributed by atoms with Crippen molar-refractivity contribution in [2.75, 3.05) is 11.1 Å². The third-order valence-corrected chi connectivity index (χ3v) is 2.36. The molecule has 4 N–H and O–H groups in total. The molecule has 2 aromatic rings. The van der Waals surface area contributed by atoms with Gasteiger partial charge in [0.25, 0.3) is 0 Å². The van der Waals surface area contributed by atoms with Crippen molar-refractivity contribution in [2.45, 2.75) is 13.8 Å². The minimum Gasteiger partial charge on any atom is -0.399 e. The highest BCUT2D eigenvalue weighted by Gasteiger charge is 2.09. The maximum atomic E-state index is 10.9. The fourth-order valence-electron chi connectivity index (χ4n) is 1.61. The van der Waals surface area contributed by atoms with E-state index >= 15 is 0 Å². The number of nitrogens with one attached hydrogen (secondary N) is 2. The lowest BCUT2D eigenvalue weighted by Gasteiger charge is -1.98. The number of anilines is 2. The average molecular weight is 230 g/mol. The normalized spacial score (nSPS) is 10.2. The monoisotopic (exact) mass is 230 g/mol. The number of carbonyl (C=O) groups is 1. The zero-order valence-corrected chi connectivity index (χ0v) is 9.74. The van der Waals surface area contributed by atoms with Crippen LogP contribution in [0.1, 0.15) is 12.6 Å². The van der Waals surface area contributed by atoms with Crippen LogP contribution in [0.25, 0.3) is 11.3 Å². The molecular weight excluding hydrogens is 216 g/mol. The Morgan fingerprint density at radius 3 is 2.59 bits per heavy atom. The Labute approximate surface area is 99.1 Å². The van der Waals surface area contributed by atoms with Crippen LogP contribution < -0.4 is 11.1 Å². The molecule has 0 spiro atoms. The van der Waals surface area contributed by atoms with E-state index < -0.39 is 0 Å². The Morgan fingerprint density at radius 2 is 2.00 bits per heavy atom. The van der Waals surface area contributed by atoms with E-state index in [1.54, 1.807) is 0 Å². The van der Waals surface area contributed by atoms with Gasteiger partial charge in [-0.1, -0.05) is 12.1 Å². The molecule has 2 rings (SSSR count). The maximum Gasteiger partial charge on any atom is 0.223 e. The van der Waals surface area contributed by atoms with Crippen molar-refractivity contribution in [1.82, 2.24) is 9.97 Å². The molecule has 0 unspecified atom stereocenters. The van der Waals surface area contributed by atoms with E-state index in [0.29, 0.717) is 11.6 Å². The van der Waals surface area contributed by atoms with Gasteiger partial charge in [0.1, 0.15) is 0 Å². The van der Waals surface area contributed by atoms with Gasteiger partial charge in [0.2, 0.25) is 11.9 Å². The van der Waals surface area contributed by atoms with Gasteiger partial charge in [-0.2, -0.15) is 0 Å². The molecule has 0 aliphatic heterocycles. The lowest BCUT2D eigenvalue weighted by molar-refractivity contribution is -0.114. The van der Waals surface area contributed by atoms with Crippen molar-refractivity contribution in [3.8, 4) is 11.3 Å². The van der Waals surface area contributed by atoms with Crippen LogP contribution in [0.3, 0.4) is 0 Å². The summed E-state index contributed by atoms with van der Waals surface area (Å²) in [7, 11) is 0. The number of aryl methyl sites for hydroxylation is 1. The van der Waals surface area contributed by atoms with Gasteiger partial charge in [-0.25, -0.2) is 4.98 Å². The zero-order chi connectivity index (χ0) is 12.4. The van der Waals surface area contributed by atoms with Crippen LogP contribution in [0.4, 0.5) is 11.6 Å². The second kappa shape index (κ2) is 4.29. The quantitative estimate of drug-likeness (QED) is 0.689. The number of carbonyl (C=O) groups excluding carboxylic acids is 1. The number of hydrogen-bond donors (Lipinski definition) is 3. The molecule has 1 amide bonds. The zero-order valence-electron chi connectivity index (χ0n) is 9.74. The summed E-state index contributed by atoms with van der Waals surface area (Å²) < 4.78 is 0. The van der Waals surface area contributed by atoms with Gasteiger partial charge < -0.3 is 10.7 Å². The van der Waals surface area contributed by atoms with Crippen LogP contribution in [0.2, 0.25) is 0 Å². The highest BCUT2D eigenvalue weighted by atomic mass is 16.1. The number of amides is 1. The van der Waals surface area contributed by atoms with Crippen molar-refractivity contribution < 1.29 is 4.79 Å². The number of aromatic amines is 1. The third kappa shape index (κ3) is 2.44. The van der Waals surface area contributed by atoms with E-state index in [1.165, 1.54) is 6.92 Å². The Bertz CT molecular complexity index is 542. The van der Waals surface area contributed by atoms with Gasteiger partial charge in [-0.3, -0.25) is 10.1 Å². The first-order valence-electron chi connectivity index (χ1n) is 5.26. The molecule has 17 heavy (non-hydrogen) atoms. The smallest absolute Gasteiger partial charge is 0.223 e. The molecule has 5 nitrogen and oxygen atoms in total. The van der Waals surface area contributed by atoms with Gasteiger partial charge in [-0.05, 0) is 19.1 Å². The summed E-state index contributed by atoms with van der Waals surface area (Å²) in [5.74, 6) is 0.310. The van der Waals surface area contributed by atoms with Crippen molar-refractivity contribution in [3.63, 3.8) is 0 Å². The first-order valence-corrected chi connectivity index (χ1v) is 5.26. The largest absolute Gasteiger partial charge is 0.399 e. The summed E-state index contributed by atoms with van der Waals surface area (Å²) in [6.45, 7) is 3.35. The molecule has 1 aromatic carbocycles. The Kier molecular flexibility index (Phi) is 2.82. The Hall–Kier alpha value is -2.30. The van der Waals surface area contributed by atoms with E-state index in [9.17, 15) is 4.79 Å². The number of nitrogen functional groups attached to an aromatic ring is 1. The highest BCUT2D eigenvalue weighted by molar-refractivity contribution is 5.87. The first-order chi connectivity index (χ1) is 8.06. The summed E-state index contributed by atoms with van der Waals surface area (Å²) in [4.78, 5) is 18.3. The van der Waals surface area contributed by atoms with Gasteiger partial charge in [0, 0.05) is 23.9 Å². The topological polar surface area (TPSA) is 83.8 Å². The van der Waals surface area contributed by atoms with E-state index in [4.69, 9.17) is 5.73 Å². The van der Waals surface area contributed by atoms with Gasteiger partial charge >= 0.3 is 0 Å². The van der Waals surface area contributed by atoms with Crippen LogP contribution in [-0.4, -0.2) is 15.9 Å². The molecule has 0 saturated carbocycles. The number of nitrogens with two attached hydrogens (primary N) is 1. The molecule has 0 saturated heterocycles. The average Bonchev–Trinajstić information content (AvgIpc) is 2.59.